The first kappa shape index (κ1) is 14.1. The minimum atomic E-state index is 0.495. The van der Waals surface area contributed by atoms with E-state index in [0.717, 1.165) is 0 Å². The molecule has 1 heteroatoms. The van der Waals surface area contributed by atoms with Crippen LogP contribution in [0.3, 0.4) is 0 Å². The molecule has 0 heterocycles. The van der Waals surface area contributed by atoms with E-state index in [1.165, 1.54) is 38.1 Å². The van der Waals surface area contributed by atoms with Crippen molar-refractivity contribution >= 4 is 33.7 Å². The number of hydrogen-bond acceptors (Lipinski definition) is 0. The molecule has 0 unspecified atom stereocenters. The molecule has 4 rings (SSSR count). The van der Waals surface area contributed by atoms with Crippen LogP contribution < -0.4 is 5.46 Å². The zero-order chi connectivity index (χ0) is 15.8. The van der Waals surface area contributed by atoms with Gasteiger partial charge in [0.25, 0.3) is 0 Å². The van der Waals surface area contributed by atoms with Gasteiger partial charge in [-0.15, -0.1) is 0 Å². The van der Waals surface area contributed by atoms with E-state index in [2.05, 4.69) is 92.5 Å². The zero-order valence-electron chi connectivity index (χ0n) is 13.6. The van der Waals surface area contributed by atoms with Gasteiger partial charge in [-0.2, -0.15) is 0 Å². The summed E-state index contributed by atoms with van der Waals surface area (Å²) in [7, 11) is 0. The monoisotopic (exact) mass is 294 g/mol. The molecule has 0 amide bonds. The van der Waals surface area contributed by atoms with Crippen molar-refractivity contribution in [2.75, 3.05) is 0 Å². The van der Waals surface area contributed by atoms with Gasteiger partial charge < -0.3 is 0 Å². The summed E-state index contributed by atoms with van der Waals surface area (Å²) >= 11 is 0. The Morgan fingerprint density at radius 1 is 0.522 bits per heavy atom. The molecule has 0 saturated carbocycles. The highest BCUT2D eigenvalue weighted by Gasteiger charge is 2.17. The highest BCUT2D eigenvalue weighted by Crippen LogP contribution is 2.35. The van der Waals surface area contributed by atoms with E-state index in [-0.39, 0.29) is 0 Å². The molecule has 0 atom stereocenters. The quantitative estimate of drug-likeness (QED) is 0.332. The Kier molecular flexibility index (Phi) is 3.42. The molecular weight excluding hydrogens is 275 g/mol. The Hall–Kier alpha value is -2.54. The lowest BCUT2D eigenvalue weighted by Crippen LogP contribution is -2.24. The third kappa shape index (κ3) is 2.24. The summed E-state index contributed by atoms with van der Waals surface area (Å²) in [5.74, 6) is 0. The van der Waals surface area contributed by atoms with Crippen molar-refractivity contribution in [2.24, 2.45) is 0 Å². The number of hydrogen-bond donors (Lipinski definition) is 0. The molecule has 0 N–H and O–H groups in total. The van der Waals surface area contributed by atoms with Crippen molar-refractivity contribution in [3.05, 3.63) is 78.9 Å². The molecular formula is C22H19B. The van der Waals surface area contributed by atoms with Crippen LogP contribution in [-0.2, 0) is 0 Å². The summed E-state index contributed by atoms with van der Waals surface area (Å²) in [6.45, 7) is 5.07. The Labute approximate surface area is 137 Å². The maximum absolute atomic E-state index is 2.29. The van der Waals surface area contributed by atoms with E-state index >= 15 is 0 Å². The van der Waals surface area contributed by atoms with Gasteiger partial charge in [0, 0.05) is 0 Å². The smallest absolute Gasteiger partial charge is 0.0819 e. The van der Waals surface area contributed by atoms with Crippen LogP contribution in [0, 0.1) is 0 Å². The fourth-order valence-electron chi connectivity index (χ4n) is 3.70. The molecule has 0 bridgehead atoms. The van der Waals surface area contributed by atoms with Gasteiger partial charge in [-0.25, -0.2) is 0 Å². The van der Waals surface area contributed by atoms with Crippen LogP contribution in [0.4, 0.5) is 0 Å². The van der Waals surface area contributed by atoms with Crippen molar-refractivity contribution in [3.8, 4) is 11.1 Å². The average molecular weight is 294 g/mol. The normalized spacial score (nSPS) is 11.0. The predicted molar refractivity (Wildman–Crippen MR) is 104 cm³/mol. The second-order valence-electron chi connectivity index (χ2n) is 6.40. The first-order valence-electron chi connectivity index (χ1n) is 8.26. The molecule has 23 heavy (non-hydrogen) atoms. The van der Waals surface area contributed by atoms with Gasteiger partial charge in [0.2, 0.25) is 0 Å². The number of rotatable bonds is 2. The lowest BCUT2D eigenvalue weighted by atomic mass is 9.47. The maximum atomic E-state index is 2.29. The molecule has 110 valence electrons. The third-order valence-corrected chi connectivity index (χ3v) is 4.61. The summed E-state index contributed by atoms with van der Waals surface area (Å²) < 4.78 is 0. The van der Waals surface area contributed by atoms with E-state index in [0.29, 0.717) is 6.71 Å². The van der Waals surface area contributed by atoms with E-state index in [1.54, 1.807) is 0 Å². The summed E-state index contributed by atoms with van der Waals surface area (Å²) in [5.41, 5.74) is 4.09. The topological polar surface area (TPSA) is 0 Å². The predicted octanol–water partition coefficient (Wildman–Crippen LogP) is 5.62. The summed E-state index contributed by atoms with van der Waals surface area (Å²) in [6.07, 6.45) is 0. The molecule has 0 aliphatic heterocycles. The average Bonchev–Trinajstić information content (AvgIpc) is 2.59. The first-order chi connectivity index (χ1) is 11.3. The molecule has 0 spiro atoms. The van der Waals surface area contributed by atoms with Gasteiger partial charge in [-0.05, 0) is 32.7 Å². The van der Waals surface area contributed by atoms with Crippen LogP contribution in [0.5, 0.6) is 0 Å². The Bertz CT molecular complexity index is 928. The van der Waals surface area contributed by atoms with Crippen molar-refractivity contribution in [3.63, 3.8) is 0 Å². The van der Waals surface area contributed by atoms with E-state index < -0.39 is 0 Å². The number of fused-ring (bicyclic) bond motifs is 2. The summed E-state index contributed by atoms with van der Waals surface area (Å²) in [6, 6.07) is 28.4. The zero-order valence-corrected chi connectivity index (χ0v) is 13.6. The molecule has 0 fully saturated rings. The van der Waals surface area contributed by atoms with Crippen LogP contribution in [0.15, 0.2) is 78.9 Å². The fraction of sp³-hybridized carbons (Fsp3) is 0.0909. The molecule has 4 aromatic carbocycles. The second-order valence-corrected chi connectivity index (χ2v) is 6.40. The van der Waals surface area contributed by atoms with Gasteiger partial charge >= 0.3 is 0 Å². The third-order valence-electron chi connectivity index (χ3n) is 4.61. The fourth-order valence-corrected chi connectivity index (χ4v) is 3.70. The molecule has 0 aliphatic carbocycles. The van der Waals surface area contributed by atoms with Crippen molar-refractivity contribution < 1.29 is 0 Å². The Balaban J connectivity index is 2.27. The lowest BCUT2D eigenvalue weighted by Gasteiger charge is -2.18. The minimum absolute atomic E-state index is 0.495. The van der Waals surface area contributed by atoms with Crippen molar-refractivity contribution in [1.82, 2.24) is 0 Å². The highest BCUT2D eigenvalue weighted by atomic mass is 14.1. The van der Waals surface area contributed by atoms with Crippen molar-refractivity contribution in [2.45, 2.75) is 13.6 Å². The molecule has 0 radical (unpaired) electrons. The van der Waals surface area contributed by atoms with Crippen LogP contribution in [0.25, 0.3) is 32.7 Å². The molecule has 4 aromatic rings. The second kappa shape index (κ2) is 5.59. The van der Waals surface area contributed by atoms with Gasteiger partial charge in [0.1, 0.15) is 0 Å². The molecule has 0 aliphatic rings. The van der Waals surface area contributed by atoms with Gasteiger partial charge in [0.15, 0.2) is 6.71 Å². The van der Waals surface area contributed by atoms with Crippen LogP contribution >= 0.6 is 0 Å². The SMILES string of the molecule is CB(C)c1c2ccccc2c(-c2ccccc2)c2ccccc12. The Morgan fingerprint density at radius 3 is 1.43 bits per heavy atom. The van der Waals surface area contributed by atoms with E-state index in [1.807, 2.05) is 0 Å². The summed E-state index contributed by atoms with van der Waals surface area (Å²) in [4.78, 5) is 0. The Morgan fingerprint density at radius 2 is 0.957 bits per heavy atom. The van der Waals surface area contributed by atoms with Gasteiger partial charge in [-0.1, -0.05) is 98.0 Å². The number of benzene rings is 4. The van der Waals surface area contributed by atoms with Crippen LogP contribution in [-0.4, -0.2) is 6.71 Å². The van der Waals surface area contributed by atoms with E-state index in [4.69, 9.17) is 0 Å². The molecule has 0 nitrogen and oxygen atoms in total. The largest absolute Gasteiger partial charge is 0.171 e. The minimum Gasteiger partial charge on any atom is -0.0819 e. The standard InChI is InChI=1S/C22H19B/c1-23(2)22-19-14-8-6-12-17(19)21(16-10-4-3-5-11-16)18-13-7-9-15-20(18)22/h3-15H,1-2H3. The van der Waals surface area contributed by atoms with Crippen LogP contribution in [0.1, 0.15) is 0 Å². The molecule has 0 aromatic heterocycles. The van der Waals surface area contributed by atoms with Crippen LogP contribution in [0.2, 0.25) is 13.6 Å². The maximum Gasteiger partial charge on any atom is 0.171 e. The van der Waals surface area contributed by atoms with E-state index in [9.17, 15) is 0 Å². The highest BCUT2D eigenvalue weighted by molar-refractivity contribution is 6.76. The van der Waals surface area contributed by atoms with Gasteiger partial charge in [0.05, 0.1) is 0 Å². The lowest BCUT2D eigenvalue weighted by molar-refractivity contribution is 1.67. The van der Waals surface area contributed by atoms with Crippen molar-refractivity contribution in [1.29, 1.82) is 0 Å². The van der Waals surface area contributed by atoms with Gasteiger partial charge in [-0.3, -0.25) is 0 Å². The molecule has 0 saturated heterocycles. The summed E-state index contributed by atoms with van der Waals surface area (Å²) in [5, 5.41) is 5.45. The first-order valence-corrected chi connectivity index (χ1v) is 8.26.